The van der Waals surface area contributed by atoms with Crippen molar-refractivity contribution in [3.8, 4) is 17.2 Å². The Morgan fingerprint density at radius 2 is 0.760 bits per heavy atom. The third-order valence-electron chi connectivity index (χ3n) is 8.22. The first-order chi connectivity index (χ1) is 23.7. The molecule has 3 aromatic rings. The molecule has 0 bridgehead atoms. The van der Waals surface area contributed by atoms with Gasteiger partial charge in [-0.25, -0.2) is 0 Å². The zero-order valence-electron chi connectivity index (χ0n) is 28.3. The quantitative estimate of drug-likeness (QED) is 0.0530. The maximum Gasteiger partial charge on any atom is 0.647 e. The Kier molecular flexibility index (Phi) is 12.7. The number of hydrogen-bond acceptors (Lipinski definition) is 13. The van der Waals surface area contributed by atoms with Crippen LogP contribution in [0.15, 0.2) is 18.2 Å². The summed E-state index contributed by atoms with van der Waals surface area (Å²) >= 11 is 0. The highest BCUT2D eigenvalue weighted by Gasteiger charge is 2.43. The van der Waals surface area contributed by atoms with Crippen LogP contribution in [0.5, 0.6) is 17.2 Å². The summed E-state index contributed by atoms with van der Waals surface area (Å²) in [6, 6.07) is 3.24. The molecule has 16 nitrogen and oxygen atoms in total. The molecule has 0 aliphatic rings. The van der Waals surface area contributed by atoms with Crippen LogP contribution in [0.2, 0.25) is 0 Å². The van der Waals surface area contributed by atoms with Crippen LogP contribution in [0.25, 0.3) is 0 Å². The molecule has 0 saturated heterocycles. The fourth-order valence-corrected chi connectivity index (χ4v) is 7.19. The summed E-state index contributed by atoms with van der Waals surface area (Å²) in [6.07, 6.45) is 1.68. The fraction of sp³-hybridized carbons (Fsp3) is 0.364. The Bertz CT molecular complexity index is 1720. The number of benzene rings is 3. The Morgan fingerprint density at radius 3 is 0.920 bits per heavy atom. The standard InChI is InChI=1S/C33H36N3O13P/c1-7-19-13-28(31(34(40)41)22(10-4)25(19)16-37)47-50(46,48-29-14-20(8-2)26(17-38)23(11-5)32(29)35(42)43)49-30-15-21(9-3)27(18-39)24(12-6)33(30)36(44)45/h13-18H,7-12H2,1-6H3. The van der Waals surface area contributed by atoms with E-state index < -0.39 is 56.9 Å². The molecule has 0 amide bonds. The second-order valence-electron chi connectivity index (χ2n) is 10.8. The molecular weight excluding hydrogens is 677 g/mol. The number of nitro benzene ring substituents is 3. The largest absolute Gasteiger partial charge is 0.647 e. The fourth-order valence-electron chi connectivity index (χ4n) is 5.94. The predicted octanol–water partition coefficient (Wildman–Crippen LogP) is 7.87. The minimum absolute atomic E-state index is 0.00579. The molecular formula is C33H36N3O13P. The topological polar surface area (TPSA) is 225 Å². The Morgan fingerprint density at radius 1 is 0.520 bits per heavy atom. The van der Waals surface area contributed by atoms with Gasteiger partial charge in [-0.3, -0.25) is 44.7 Å². The molecule has 0 N–H and O–H groups in total. The molecule has 0 aromatic heterocycles. The number of nitro groups is 3. The molecule has 0 aliphatic heterocycles. The van der Waals surface area contributed by atoms with Crippen molar-refractivity contribution in [2.45, 2.75) is 80.1 Å². The maximum absolute atomic E-state index is 15.0. The van der Waals surface area contributed by atoms with E-state index >= 15 is 0 Å². The second-order valence-corrected chi connectivity index (χ2v) is 12.2. The van der Waals surface area contributed by atoms with Gasteiger partial charge >= 0.3 is 24.9 Å². The first kappa shape index (κ1) is 38.9. The number of aldehydes is 3. The molecule has 0 aliphatic carbocycles. The van der Waals surface area contributed by atoms with Crippen LogP contribution in [0.1, 0.15) is 106 Å². The van der Waals surface area contributed by atoms with E-state index in [1.807, 2.05) is 0 Å². The van der Waals surface area contributed by atoms with Crippen molar-refractivity contribution >= 4 is 43.7 Å². The van der Waals surface area contributed by atoms with Crippen LogP contribution in [-0.2, 0) is 43.1 Å². The van der Waals surface area contributed by atoms with Gasteiger partial charge in [0.2, 0.25) is 17.2 Å². The van der Waals surface area contributed by atoms with E-state index in [-0.39, 0.29) is 88.6 Å². The molecule has 0 atom stereocenters. The minimum atomic E-state index is -5.52. The van der Waals surface area contributed by atoms with Crippen molar-refractivity contribution in [2.75, 3.05) is 0 Å². The van der Waals surface area contributed by atoms with Crippen molar-refractivity contribution in [3.05, 3.63) is 98.6 Å². The lowest BCUT2D eigenvalue weighted by Gasteiger charge is -2.22. The molecule has 0 fully saturated rings. The van der Waals surface area contributed by atoms with Gasteiger partial charge < -0.3 is 13.6 Å². The molecule has 17 heteroatoms. The van der Waals surface area contributed by atoms with E-state index in [2.05, 4.69) is 0 Å². The minimum Gasteiger partial charge on any atom is -0.379 e. The highest BCUT2D eigenvalue weighted by atomic mass is 31.2. The van der Waals surface area contributed by atoms with Gasteiger partial charge in [-0.15, -0.1) is 0 Å². The van der Waals surface area contributed by atoms with E-state index in [9.17, 15) is 49.3 Å². The molecule has 0 unspecified atom stereocenters. The molecule has 3 rings (SSSR count). The van der Waals surface area contributed by atoms with E-state index in [0.717, 1.165) is 18.2 Å². The number of hydrogen-bond donors (Lipinski definition) is 0. The van der Waals surface area contributed by atoms with Crippen LogP contribution in [0, 0.1) is 30.3 Å². The lowest BCUT2D eigenvalue weighted by atomic mass is 9.96. The Hall–Kier alpha value is -5.50. The first-order valence-corrected chi connectivity index (χ1v) is 17.2. The first-order valence-electron chi connectivity index (χ1n) is 15.8. The zero-order chi connectivity index (χ0) is 37.5. The third kappa shape index (κ3) is 7.39. The molecule has 3 aromatic carbocycles. The predicted molar refractivity (Wildman–Crippen MR) is 181 cm³/mol. The molecule has 0 spiro atoms. The summed E-state index contributed by atoms with van der Waals surface area (Å²) in [7, 11) is -5.52. The summed E-state index contributed by atoms with van der Waals surface area (Å²) in [4.78, 5) is 70.7. The molecule has 0 saturated carbocycles. The maximum atomic E-state index is 15.0. The van der Waals surface area contributed by atoms with E-state index in [4.69, 9.17) is 13.6 Å². The van der Waals surface area contributed by atoms with E-state index in [1.165, 1.54) is 20.8 Å². The van der Waals surface area contributed by atoms with Gasteiger partial charge in [-0.2, -0.15) is 4.57 Å². The van der Waals surface area contributed by atoms with E-state index in [0.29, 0.717) is 18.9 Å². The monoisotopic (exact) mass is 713 g/mol. The SMILES string of the molecule is CCc1cc(OP(=O)(Oc2cc(CC)c(C=O)c(CC)c2[N+](=O)[O-])Oc2cc(CC)c(C=O)c(CC)c2[N+](=O)[O-])c([N+](=O)[O-])c(CC)c1C=O. The van der Waals surface area contributed by atoms with Gasteiger partial charge in [-0.1, -0.05) is 41.5 Å². The normalized spacial score (nSPS) is 11.1. The Labute approximate surface area is 286 Å². The number of phosphoric acid groups is 1. The van der Waals surface area contributed by atoms with Crippen molar-refractivity contribution < 1.29 is 47.3 Å². The number of phosphoric ester groups is 1. The summed E-state index contributed by atoms with van der Waals surface area (Å²) in [5, 5.41) is 37.3. The number of rotatable bonds is 18. The molecule has 0 heterocycles. The van der Waals surface area contributed by atoms with Crippen LogP contribution in [0.3, 0.4) is 0 Å². The third-order valence-corrected chi connectivity index (χ3v) is 9.48. The van der Waals surface area contributed by atoms with Gasteiger partial charge in [0.1, 0.15) is 0 Å². The van der Waals surface area contributed by atoms with Crippen LogP contribution in [-0.4, -0.2) is 33.6 Å². The van der Waals surface area contributed by atoms with Gasteiger partial charge in [0, 0.05) is 33.4 Å². The average Bonchev–Trinajstić information content (AvgIpc) is 3.08. The molecule has 0 radical (unpaired) electrons. The highest BCUT2D eigenvalue weighted by molar-refractivity contribution is 7.49. The Balaban J connectivity index is 2.52. The van der Waals surface area contributed by atoms with Crippen LogP contribution < -0.4 is 13.6 Å². The van der Waals surface area contributed by atoms with Gasteiger partial charge in [0.25, 0.3) is 0 Å². The number of carbonyl (C=O) groups is 3. The van der Waals surface area contributed by atoms with Crippen LogP contribution in [0.4, 0.5) is 17.1 Å². The zero-order valence-corrected chi connectivity index (χ0v) is 29.2. The average molecular weight is 714 g/mol. The number of nitrogens with zero attached hydrogens (tertiary/aromatic N) is 3. The van der Waals surface area contributed by atoms with E-state index in [1.54, 1.807) is 20.8 Å². The highest BCUT2D eigenvalue weighted by Crippen LogP contribution is 2.56. The lowest BCUT2D eigenvalue weighted by Crippen LogP contribution is -2.14. The molecule has 266 valence electrons. The summed E-state index contributed by atoms with van der Waals surface area (Å²) in [5.74, 6) is -2.10. The summed E-state index contributed by atoms with van der Waals surface area (Å²) < 4.78 is 32.2. The summed E-state index contributed by atoms with van der Waals surface area (Å²) in [6.45, 7) is 9.57. The lowest BCUT2D eigenvalue weighted by molar-refractivity contribution is -0.386. The van der Waals surface area contributed by atoms with Crippen molar-refractivity contribution in [1.82, 2.24) is 0 Å². The van der Waals surface area contributed by atoms with Gasteiger partial charge in [0.05, 0.1) is 14.8 Å². The molecule has 50 heavy (non-hydrogen) atoms. The van der Waals surface area contributed by atoms with Crippen molar-refractivity contribution in [3.63, 3.8) is 0 Å². The number of carbonyl (C=O) groups excluding carboxylic acids is 3. The number of aryl methyl sites for hydroxylation is 3. The second kappa shape index (κ2) is 16.3. The van der Waals surface area contributed by atoms with Crippen molar-refractivity contribution in [1.29, 1.82) is 0 Å². The van der Waals surface area contributed by atoms with Crippen LogP contribution >= 0.6 is 7.82 Å². The van der Waals surface area contributed by atoms with Crippen molar-refractivity contribution in [2.24, 2.45) is 0 Å². The van der Waals surface area contributed by atoms with Gasteiger partial charge in [-0.05, 0) is 73.4 Å². The van der Waals surface area contributed by atoms with Gasteiger partial charge in [0.15, 0.2) is 18.9 Å². The summed E-state index contributed by atoms with van der Waals surface area (Å²) in [5.41, 5.74) is -1.75. The smallest absolute Gasteiger partial charge is 0.379 e.